The molecule has 0 fully saturated rings. The number of hydrogen-bond donors (Lipinski definition) is 0. The Hall–Kier alpha value is -1.78. The maximum atomic E-state index is 4.53. The molecule has 0 saturated heterocycles. The first-order valence-electron chi connectivity index (χ1n) is 7.86. The number of aromatic nitrogens is 2. The van der Waals surface area contributed by atoms with Crippen LogP contribution in [0.5, 0.6) is 0 Å². The van der Waals surface area contributed by atoms with Crippen molar-refractivity contribution in [2.75, 3.05) is 0 Å². The van der Waals surface area contributed by atoms with Gasteiger partial charge in [0.25, 0.3) is 0 Å². The van der Waals surface area contributed by atoms with Crippen LogP contribution in [0.25, 0.3) is 20.4 Å². The summed E-state index contributed by atoms with van der Waals surface area (Å²) in [5.74, 6) is 0.544. The molecule has 1 aromatic carbocycles. The molecule has 0 N–H and O–H groups in total. The molecule has 118 valence electrons. The molecular weight excluding hydrogens is 320 g/mol. The zero-order chi connectivity index (χ0) is 16.2. The number of thiophene rings is 1. The third-order valence-corrected chi connectivity index (χ3v) is 6.04. The summed E-state index contributed by atoms with van der Waals surface area (Å²) in [6, 6.07) is 14.6. The monoisotopic (exact) mass is 340 g/mol. The van der Waals surface area contributed by atoms with Gasteiger partial charge in [-0.15, -0.1) is 22.7 Å². The van der Waals surface area contributed by atoms with E-state index < -0.39 is 0 Å². The predicted molar refractivity (Wildman–Crippen MR) is 103 cm³/mol. The van der Waals surface area contributed by atoms with Crippen LogP contribution in [0, 0.1) is 0 Å². The minimum Gasteiger partial charge on any atom is -0.245 e. The van der Waals surface area contributed by atoms with Crippen LogP contribution in [-0.4, -0.2) is 9.97 Å². The van der Waals surface area contributed by atoms with Gasteiger partial charge in [-0.3, -0.25) is 0 Å². The topological polar surface area (TPSA) is 25.8 Å². The fourth-order valence-electron chi connectivity index (χ4n) is 2.24. The van der Waals surface area contributed by atoms with Gasteiger partial charge in [-0.25, -0.2) is 9.97 Å². The SMILES string of the molecule is CC(C)c1nc2ccccc2s1.CCc1cc2cccnc2s1. The molecule has 0 radical (unpaired) electrons. The second-order valence-corrected chi connectivity index (χ2v) is 7.82. The Kier molecular flexibility index (Phi) is 5.03. The van der Waals surface area contributed by atoms with Gasteiger partial charge in [-0.05, 0) is 30.7 Å². The second-order valence-electron chi connectivity index (χ2n) is 5.64. The van der Waals surface area contributed by atoms with Gasteiger partial charge in [-0.1, -0.05) is 39.0 Å². The highest BCUT2D eigenvalue weighted by Crippen LogP contribution is 2.26. The Labute approximate surface area is 144 Å². The van der Waals surface area contributed by atoms with Crippen molar-refractivity contribution in [3.63, 3.8) is 0 Å². The molecular formula is C19H20N2S2. The summed E-state index contributed by atoms with van der Waals surface area (Å²) >= 11 is 3.58. The average molecular weight is 341 g/mol. The van der Waals surface area contributed by atoms with Gasteiger partial charge in [0, 0.05) is 22.4 Å². The fourth-order valence-corrected chi connectivity index (χ4v) is 4.14. The van der Waals surface area contributed by atoms with E-state index in [-0.39, 0.29) is 0 Å². The summed E-state index contributed by atoms with van der Waals surface area (Å²) in [4.78, 5) is 11.4. The van der Waals surface area contributed by atoms with Gasteiger partial charge in [0.05, 0.1) is 15.2 Å². The Bertz CT molecular complexity index is 840. The minimum absolute atomic E-state index is 0.544. The van der Waals surface area contributed by atoms with Crippen LogP contribution >= 0.6 is 22.7 Å². The molecule has 0 atom stereocenters. The lowest BCUT2D eigenvalue weighted by atomic mass is 10.2. The molecule has 0 bridgehead atoms. The van der Waals surface area contributed by atoms with Crippen LogP contribution in [0.1, 0.15) is 36.6 Å². The normalized spacial score (nSPS) is 11.0. The summed E-state index contributed by atoms with van der Waals surface area (Å²) in [6.45, 7) is 6.53. The molecule has 0 saturated carbocycles. The first-order valence-corrected chi connectivity index (χ1v) is 9.49. The van der Waals surface area contributed by atoms with E-state index in [4.69, 9.17) is 0 Å². The Morgan fingerprint density at radius 2 is 1.87 bits per heavy atom. The summed E-state index contributed by atoms with van der Waals surface area (Å²) in [6.07, 6.45) is 2.96. The summed E-state index contributed by atoms with van der Waals surface area (Å²) in [7, 11) is 0. The van der Waals surface area contributed by atoms with Crippen LogP contribution in [-0.2, 0) is 6.42 Å². The highest BCUT2D eigenvalue weighted by Gasteiger charge is 2.05. The number of hydrogen-bond acceptors (Lipinski definition) is 4. The van der Waals surface area contributed by atoms with Crippen molar-refractivity contribution in [3.8, 4) is 0 Å². The smallest absolute Gasteiger partial charge is 0.123 e. The molecule has 0 aliphatic heterocycles. The first-order chi connectivity index (χ1) is 11.2. The van der Waals surface area contributed by atoms with E-state index in [9.17, 15) is 0 Å². The van der Waals surface area contributed by atoms with E-state index in [1.807, 2.05) is 18.3 Å². The minimum atomic E-state index is 0.544. The van der Waals surface area contributed by atoms with Crippen LogP contribution in [0.15, 0.2) is 48.7 Å². The lowest BCUT2D eigenvalue weighted by Gasteiger charge is -1.94. The molecule has 0 aliphatic carbocycles. The summed E-state index contributed by atoms with van der Waals surface area (Å²) in [5.41, 5.74) is 1.13. The van der Waals surface area contributed by atoms with E-state index in [0.717, 1.165) is 16.8 Å². The van der Waals surface area contributed by atoms with E-state index in [1.165, 1.54) is 20.0 Å². The zero-order valence-electron chi connectivity index (χ0n) is 13.6. The van der Waals surface area contributed by atoms with Crippen molar-refractivity contribution in [2.24, 2.45) is 0 Å². The zero-order valence-corrected chi connectivity index (χ0v) is 15.2. The molecule has 4 aromatic rings. The number of para-hydroxylation sites is 1. The van der Waals surface area contributed by atoms with E-state index >= 15 is 0 Å². The number of nitrogens with zero attached hydrogens (tertiary/aromatic N) is 2. The molecule has 0 spiro atoms. The number of aryl methyl sites for hydroxylation is 1. The van der Waals surface area contributed by atoms with Crippen LogP contribution in [0.4, 0.5) is 0 Å². The number of rotatable bonds is 2. The molecule has 4 rings (SSSR count). The number of pyridine rings is 1. The van der Waals surface area contributed by atoms with Gasteiger partial charge in [-0.2, -0.15) is 0 Å². The van der Waals surface area contributed by atoms with Crippen molar-refractivity contribution in [1.29, 1.82) is 0 Å². The maximum Gasteiger partial charge on any atom is 0.123 e. The molecule has 23 heavy (non-hydrogen) atoms. The molecule has 0 amide bonds. The standard InChI is InChI=1S/C10H11NS.C9H9NS/c1-7(2)10-11-8-5-3-4-6-9(8)12-10;1-2-8-6-7-4-3-5-10-9(7)11-8/h3-7H,1-2H3;3-6H,2H2,1H3. The van der Waals surface area contributed by atoms with Crippen molar-refractivity contribution in [2.45, 2.75) is 33.1 Å². The number of fused-ring (bicyclic) bond motifs is 2. The molecule has 3 heterocycles. The van der Waals surface area contributed by atoms with Gasteiger partial charge in [0.2, 0.25) is 0 Å². The Balaban J connectivity index is 0.000000136. The third kappa shape index (κ3) is 3.77. The van der Waals surface area contributed by atoms with Gasteiger partial charge < -0.3 is 0 Å². The summed E-state index contributed by atoms with van der Waals surface area (Å²) in [5, 5.41) is 2.51. The quantitative estimate of drug-likeness (QED) is 0.429. The maximum absolute atomic E-state index is 4.53. The second kappa shape index (κ2) is 7.20. The third-order valence-electron chi connectivity index (χ3n) is 3.50. The average Bonchev–Trinajstić information content (AvgIpc) is 3.19. The Morgan fingerprint density at radius 1 is 1.04 bits per heavy atom. The van der Waals surface area contributed by atoms with Crippen molar-refractivity contribution >= 4 is 43.1 Å². The van der Waals surface area contributed by atoms with Crippen molar-refractivity contribution in [3.05, 3.63) is 58.5 Å². The lowest BCUT2D eigenvalue weighted by Crippen LogP contribution is -1.82. The Morgan fingerprint density at radius 3 is 2.57 bits per heavy atom. The highest BCUT2D eigenvalue weighted by molar-refractivity contribution is 7.18. The number of thiazole rings is 1. The van der Waals surface area contributed by atoms with E-state index in [2.05, 4.69) is 61.1 Å². The molecule has 4 heteroatoms. The van der Waals surface area contributed by atoms with E-state index in [0.29, 0.717) is 5.92 Å². The van der Waals surface area contributed by atoms with Gasteiger partial charge in [0.1, 0.15) is 4.83 Å². The summed E-state index contributed by atoms with van der Waals surface area (Å²) < 4.78 is 1.29. The number of benzene rings is 1. The fraction of sp³-hybridized carbons (Fsp3) is 0.263. The van der Waals surface area contributed by atoms with Gasteiger partial charge >= 0.3 is 0 Å². The van der Waals surface area contributed by atoms with E-state index in [1.54, 1.807) is 22.7 Å². The van der Waals surface area contributed by atoms with Gasteiger partial charge in [0.15, 0.2) is 0 Å². The van der Waals surface area contributed by atoms with Crippen molar-refractivity contribution in [1.82, 2.24) is 9.97 Å². The largest absolute Gasteiger partial charge is 0.245 e. The predicted octanol–water partition coefficient (Wildman–Crippen LogP) is 6.28. The molecule has 0 unspecified atom stereocenters. The van der Waals surface area contributed by atoms with Crippen LogP contribution in [0.3, 0.4) is 0 Å². The van der Waals surface area contributed by atoms with Crippen LogP contribution in [0.2, 0.25) is 0 Å². The molecule has 0 aliphatic rings. The van der Waals surface area contributed by atoms with Crippen molar-refractivity contribution < 1.29 is 0 Å². The molecule has 3 aromatic heterocycles. The molecule has 2 nitrogen and oxygen atoms in total. The highest BCUT2D eigenvalue weighted by atomic mass is 32.1. The lowest BCUT2D eigenvalue weighted by molar-refractivity contribution is 0.857. The first kappa shape index (κ1) is 16.1. The van der Waals surface area contributed by atoms with Crippen LogP contribution < -0.4 is 0 Å².